The molecule has 1 aliphatic carbocycles. The molecule has 3 aromatic carbocycles. The summed E-state index contributed by atoms with van der Waals surface area (Å²) in [5.74, 6) is -0.207. The number of rotatable bonds is 4. The number of carboxylic acids is 1. The van der Waals surface area contributed by atoms with E-state index in [9.17, 15) is 9.90 Å². The largest absolute Gasteiger partial charge is 1.00 e. The number of furan rings is 1. The summed E-state index contributed by atoms with van der Waals surface area (Å²) in [6, 6.07) is 21.3. The van der Waals surface area contributed by atoms with E-state index in [-0.39, 0.29) is 41.2 Å². The molecule has 1 atom stereocenters. The first-order chi connectivity index (χ1) is 17.0. The van der Waals surface area contributed by atoms with Crippen molar-refractivity contribution in [2.75, 3.05) is 0 Å². The molecule has 2 aromatic heterocycles. The van der Waals surface area contributed by atoms with E-state index in [1.807, 2.05) is 62.4 Å². The number of aromatic carboxylic acids is 1. The zero-order valence-corrected chi connectivity index (χ0v) is 22.6. The molecule has 0 saturated carbocycles. The minimum absolute atomic E-state index is 0. The number of aryl methyl sites for hydroxylation is 3. The van der Waals surface area contributed by atoms with Gasteiger partial charge < -0.3 is 19.1 Å². The van der Waals surface area contributed by atoms with Crippen LogP contribution >= 0.6 is 0 Å². The average Bonchev–Trinajstić information content (AvgIpc) is 3.22. The summed E-state index contributed by atoms with van der Waals surface area (Å²) in [6.45, 7) is 3.88. The first kappa shape index (κ1) is 24.6. The summed E-state index contributed by atoms with van der Waals surface area (Å²) < 4.78 is 12.6. The molecule has 174 valence electrons. The first-order valence-electron chi connectivity index (χ1n) is 11.9. The minimum atomic E-state index is -1.27. The van der Waals surface area contributed by atoms with Crippen LogP contribution in [0, 0.1) is 13.8 Å². The van der Waals surface area contributed by atoms with Crippen LogP contribution < -0.4 is 39.4 Å². The molecule has 0 spiro atoms. The van der Waals surface area contributed by atoms with Crippen molar-refractivity contribution >= 4 is 27.8 Å². The summed E-state index contributed by atoms with van der Waals surface area (Å²) in [5, 5.41) is 13.8. The number of carboxylic acid groups (broad SMARTS) is 1. The maximum absolute atomic E-state index is 12.4. The topological polar surface area (TPSA) is 75.4 Å². The van der Waals surface area contributed by atoms with E-state index in [0.29, 0.717) is 28.1 Å². The number of pyridine rings is 1. The molecule has 0 bridgehead atoms. The van der Waals surface area contributed by atoms with E-state index < -0.39 is 5.97 Å². The summed E-state index contributed by atoms with van der Waals surface area (Å²) in [6.07, 6.45) is 2.78. The molecule has 0 radical (unpaired) electrons. The number of ether oxygens (including phenoxy) is 1. The van der Waals surface area contributed by atoms with Gasteiger partial charge in [-0.3, -0.25) is 0 Å². The third-order valence-corrected chi connectivity index (χ3v) is 7.00. The molecule has 0 aliphatic heterocycles. The second-order valence-electron chi connectivity index (χ2n) is 9.20. The van der Waals surface area contributed by atoms with E-state index >= 15 is 0 Å². The maximum Gasteiger partial charge on any atom is 1.00 e. The molecule has 5 nitrogen and oxygen atoms in total. The molecule has 6 heteroatoms. The molecular formula is C30H24NNaO4. The molecule has 6 rings (SSSR count). The SMILES string of the molecule is Cc1c(-c2cc(C(=O)[O-])c3c(OC4CCCc5ccccc54)ccc(C)c3n2)oc2ccccc12.[Na+]. The van der Waals surface area contributed by atoms with Crippen molar-refractivity contribution in [1.29, 1.82) is 0 Å². The fraction of sp³-hybridized carbons (Fsp3) is 0.200. The Labute approximate surface area is 231 Å². The van der Waals surface area contributed by atoms with Crippen LogP contribution in [0.4, 0.5) is 0 Å². The van der Waals surface area contributed by atoms with Crippen LogP contribution in [0.5, 0.6) is 5.75 Å². The predicted octanol–water partition coefficient (Wildman–Crippen LogP) is 3.09. The van der Waals surface area contributed by atoms with Crippen molar-refractivity contribution in [3.05, 3.63) is 94.5 Å². The summed E-state index contributed by atoms with van der Waals surface area (Å²) in [5.41, 5.74) is 6.03. The van der Waals surface area contributed by atoms with Gasteiger partial charge in [0.05, 0.1) is 16.9 Å². The van der Waals surface area contributed by atoms with Crippen molar-refractivity contribution in [2.24, 2.45) is 0 Å². The van der Waals surface area contributed by atoms with Crippen molar-refractivity contribution < 1.29 is 48.6 Å². The number of carbonyl (C=O) groups excluding carboxylic acids is 1. The first-order valence-corrected chi connectivity index (χ1v) is 11.9. The fourth-order valence-electron chi connectivity index (χ4n) is 5.22. The molecular weight excluding hydrogens is 461 g/mol. The molecule has 0 fully saturated rings. The third-order valence-electron chi connectivity index (χ3n) is 7.00. The van der Waals surface area contributed by atoms with Gasteiger partial charge >= 0.3 is 29.6 Å². The van der Waals surface area contributed by atoms with E-state index in [2.05, 4.69) is 12.1 Å². The summed E-state index contributed by atoms with van der Waals surface area (Å²) in [7, 11) is 0. The van der Waals surface area contributed by atoms with Gasteiger partial charge in [-0.05, 0) is 68.0 Å². The molecule has 2 heterocycles. The maximum atomic E-state index is 12.4. The van der Waals surface area contributed by atoms with Crippen LogP contribution in [-0.2, 0) is 6.42 Å². The average molecular weight is 486 g/mol. The third kappa shape index (κ3) is 4.11. The van der Waals surface area contributed by atoms with Crippen LogP contribution in [0.25, 0.3) is 33.3 Å². The van der Waals surface area contributed by atoms with Gasteiger partial charge in [-0.15, -0.1) is 0 Å². The van der Waals surface area contributed by atoms with E-state index in [1.54, 1.807) is 6.07 Å². The number of hydrogen-bond donors (Lipinski definition) is 0. The predicted molar refractivity (Wildman–Crippen MR) is 134 cm³/mol. The van der Waals surface area contributed by atoms with Crippen molar-refractivity contribution in [3.63, 3.8) is 0 Å². The molecule has 0 saturated heterocycles. The van der Waals surface area contributed by atoms with Crippen LogP contribution in [0.2, 0.25) is 0 Å². The Hall–Kier alpha value is -3.12. The van der Waals surface area contributed by atoms with E-state index in [4.69, 9.17) is 14.1 Å². The Kier molecular flexibility index (Phi) is 6.64. The van der Waals surface area contributed by atoms with Crippen molar-refractivity contribution in [2.45, 2.75) is 39.2 Å². The van der Waals surface area contributed by atoms with Crippen LogP contribution in [-0.4, -0.2) is 11.0 Å². The molecule has 0 amide bonds. The van der Waals surface area contributed by atoms with Gasteiger partial charge in [0.25, 0.3) is 0 Å². The Balaban J connectivity index is 0.00000267. The van der Waals surface area contributed by atoms with Crippen LogP contribution in [0.15, 0.2) is 71.1 Å². The zero-order valence-electron chi connectivity index (χ0n) is 20.6. The van der Waals surface area contributed by atoms with Crippen molar-refractivity contribution in [1.82, 2.24) is 4.98 Å². The smallest absolute Gasteiger partial charge is 0.545 e. The fourth-order valence-corrected chi connectivity index (χ4v) is 5.22. The zero-order chi connectivity index (χ0) is 24.1. The minimum Gasteiger partial charge on any atom is -0.545 e. The molecule has 1 unspecified atom stereocenters. The van der Waals surface area contributed by atoms with E-state index in [0.717, 1.165) is 46.9 Å². The molecule has 5 aromatic rings. The second kappa shape index (κ2) is 9.74. The Morgan fingerprint density at radius 2 is 1.83 bits per heavy atom. The number of carbonyl (C=O) groups is 1. The van der Waals surface area contributed by atoms with Crippen molar-refractivity contribution in [3.8, 4) is 17.2 Å². The van der Waals surface area contributed by atoms with Gasteiger partial charge in [-0.25, -0.2) is 4.98 Å². The van der Waals surface area contributed by atoms with Gasteiger partial charge in [-0.1, -0.05) is 48.5 Å². The number of aromatic nitrogens is 1. The van der Waals surface area contributed by atoms with Gasteiger partial charge in [0.2, 0.25) is 0 Å². The summed E-state index contributed by atoms with van der Waals surface area (Å²) >= 11 is 0. The Bertz CT molecular complexity index is 1620. The molecule has 0 N–H and O–H groups in total. The number of para-hydroxylation sites is 1. The number of benzene rings is 3. The van der Waals surface area contributed by atoms with E-state index in [1.165, 1.54) is 5.56 Å². The number of nitrogens with zero attached hydrogens (tertiary/aromatic N) is 1. The van der Waals surface area contributed by atoms with Crippen LogP contribution in [0.1, 0.15) is 51.6 Å². The normalized spacial score (nSPS) is 14.9. The number of fused-ring (bicyclic) bond motifs is 3. The second-order valence-corrected chi connectivity index (χ2v) is 9.20. The van der Waals surface area contributed by atoms with Gasteiger partial charge in [0.15, 0.2) is 5.76 Å². The Morgan fingerprint density at radius 3 is 2.64 bits per heavy atom. The molecule has 1 aliphatic rings. The standard InChI is InChI=1S/C30H25NO4.Na/c1-17-14-15-26(34-25-13-7-9-19-8-3-4-11-21(19)25)27-22(30(32)33)16-23(31-28(17)27)29-18(2)20-10-5-6-12-24(20)35-29;/h3-6,8,10-12,14-16,25H,7,9,13H2,1-2H3,(H,32,33);/q;+1/p-1. The van der Waals surface area contributed by atoms with Crippen LogP contribution in [0.3, 0.4) is 0 Å². The van der Waals surface area contributed by atoms with Gasteiger partial charge in [-0.2, -0.15) is 0 Å². The molecule has 36 heavy (non-hydrogen) atoms. The Morgan fingerprint density at radius 1 is 1.06 bits per heavy atom. The number of hydrogen-bond acceptors (Lipinski definition) is 5. The quantitative estimate of drug-likeness (QED) is 0.366. The van der Waals surface area contributed by atoms with Gasteiger partial charge in [0, 0.05) is 16.5 Å². The monoisotopic (exact) mass is 485 g/mol. The summed E-state index contributed by atoms with van der Waals surface area (Å²) in [4.78, 5) is 17.3. The van der Waals surface area contributed by atoms with Gasteiger partial charge in [0.1, 0.15) is 23.1 Å².